The van der Waals surface area contributed by atoms with Gasteiger partial charge in [0, 0.05) is 31.3 Å². The maximum absolute atomic E-state index is 12.6. The molecule has 3 rings (SSSR count). The van der Waals surface area contributed by atoms with Crippen LogP contribution >= 0.6 is 0 Å². The first-order valence-electron chi connectivity index (χ1n) is 7.85. The summed E-state index contributed by atoms with van der Waals surface area (Å²) in [5.74, 6) is -1.04. The van der Waals surface area contributed by atoms with E-state index in [4.69, 9.17) is 0 Å². The third-order valence-corrected chi connectivity index (χ3v) is 4.65. The van der Waals surface area contributed by atoms with E-state index in [0.717, 1.165) is 12.8 Å². The highest BCUT2D eigenvalue weighted by Crippen LogP contribution is 2.44. The predicted molar refractivity (Wildman–Crippen MR) is 84.0 cm³/mol. The van der Waals surface area contributed by atoms with Crippen LogP contribution in [0.1, 0.15) is 30.1 Å². The number of aliphatic carboxylic acids is 1. The van der Waals surface area contributed by atoms with Crippen molar-refractivity contribution in [2.75, 3.05) is 18.4 Å². The molecule has 2 amide bonds. The van der Waals surface area contributed by atoms with Crippen LogP contribution in [0.3, 0.4) is 0 Å². The number of hydrogen-bond donors (Lipinski definition) is 2. The van der Waals surface area contributed by atoms with E-state index < -0.39 is 11.9 Å². The summed E-state index contributed by atoms with van der Waals surface area (Å²) in [6, 6.07) is 6.68. The smallest absolute Gasteiger partial charge is 0.308 e. The van der Waals surface area contributed by atoms with Crippen LogP contribution in [0, 0.1) is 17.8 Å². The van der Waals surface area contributed by atoms with Gasteiger partial charge in [0.15, 0.2) is 0 Å². The Morgan fingerprint density at radius 2 is 1.78 bits per heavy atom. The van der Waals surface area contributed by atoms with Gasteiger partial charge in [-0.25, -0.2) is 0 Å². The van der Waals surface area contributed by atoms with Gasteiger partial charge in [-0.05, 0) is 48.9 Å². The Balaban J connectivity index is 1.70. The van der Waals surface area contributed by atoms with Gasteiger partial charge < -0.3 is 15.3 Å². The van der Waals surface area contributed by atoms with Crippen LogP contribution in [-0.4, -0.2) is 40.9 Å². The zero-order valence-electron chi connectivity index (χ0n) is 13.0. The maximum Gasteiger partial charge on any atom is 0.308 e. The zero-order valence-corrected chi connectivity index (χ0v) is 13.0. The molecule has 1 aliphatic heterocycles. The summed E-state index contributed by atoms with van der Waals surface area (Å²) in [6.45, 7) is 2.23. The number of carboxylic acid groups (broad SMARTS) is 1. The van der Waals surface area contributed by atoms with Gasteiger partial charge >= 0.3 is 5.97 Å². The molecule has 23 heavy (non-hydrogen) atoms. The molecule has 2 aliphatic rings. The number of hydrogen-bond acceptors (Lipinski definition) is 3. The minimum absolute atomic E-state index is 0.0788. The molecule has 1 aromatic rings. The standard InChI is InChI=1S/C17H20N2O4/c1-10(20)18-13-6-4-12(5-7-13)16(21)19-8-14(11-2-3-11)15(9-19)17(22)23/h4-7,11,14-15H,2-3,8-9H2,1H3,(H,18,20)(H,22,23)/t14-,15+/m1/s1. The average molecular weight is 316 g/mol. The van der Waals surface area contributed by atoms with Crippen molar-refractivity contribution in [2.24, 2.45) is 17.8 Å². The second-order valence-electron chi connectivity index (χ2n) is 6.41. The Bertz CT molecular complexity index is 636. The lowest BCUT2D eigenvalue weighted by Crippen LogP contribution is -2.29. The number of likely N-dealkylation sites (tertiary alicyclic amines) is 1. The van der Waals surface area contributed by atoms with E-state index in [-0.39, 0.29) is 24.3 Å². The zero-order chi connectivity index (χ0) is 16.6. The average Bonchev–Trinajstić information content (AvgIpc) is 3.25. The number of carbonyl (C=O) groups excluding carboxylic acids is 2. The molecule has 0 spiro atoms. The molecule has 1 saturated heterocycles. The highest BCUT2D eigenvalue weighted by molar-refractivity contribution is 5.96. The van der Waals surface area contributed by atoms with Gasteiger partial charge in [0.25, 0.3) is 5.91 Å². The third-order valence-electron chi connectivity index (χ3n) is 4.65. The van der Waals surface area contributed by atoms with Crippen LogP contribution in [-0.2, 0) is 9.59 Å². The molecule has 122 valence electrons. The van der Waals surface area contributed by atoms with Crippen molar-refractivity contribution < 1.29 is 19.5 Å². The van der Waals surface area contributed by atoms with E-state index in [1.165, 1.54) is 6.92 Å². The maximum atomic E-state index is 12.6. The molecule has 0 bridgehead atoms. The fourth-order valence-corrected chi connectivity index (χ4v) is 3.34. The summed E-state index contributed by atoms with van der Waals surface area (Å²) >= 11 is 0. The first-order valence-corrected chi connectivity index (χ1v) is 7.85. The first-order chi connectivity index (χ1) is 11.0. The highest BCUT2D eigenvalue weighted by atomic mass is 16.4. The molecule has 0 radical (unpaired) electrons. The summed E-state index contributed by atoms with van der Waals surface area (Å²) in [4.78, 5) is 36.7. The highest BCUT2D eigenvalue weighted by Gasteiger charge is 2.46. The summed E-state index contributed by atoms with van der Waals surface area (Å²) in [5.41, 5.74) is 1.15. The van der Waals surface area contributed by atoms with Crippen molar-refractivity contribution in [3.05, 3.63) is 29.8 Å². The minimum Gasteiger partial charge on any atom is -0.481 e. The number of anilines is 1. The summed E-state index contributed by atoms with van der Waals surface area (Å²) in [6.07, 6.45) is 2.14. The molecular weight excluding hydrogens is 296 g/mol. The Labute approximate surface area is 134 Å². The first kappa shape index (κ1) is 15.5. The normalized spacial score (nSPS) is 23.6. The van der Waals surface area contributed by atoms with E-state index in [9.17, 15) is 19.5 Å². The van der Waals surface area contributed by atoms with Crippen molar-refractivity contribution in [1.29, 1.82) is 0 Å². The van der Waals surface area contributed by atoms with Gasteiger partial charge in [-0.2, -0.15) is 0 Å². The number of amides is 2. The summed E-state index contributed by atoms with van der Waals surface area (Å²) in [5, 5.41) is 12.0. The molecule has 1 heterocycles. The van der Waals surface area contributed by atoms with Gasteiger partial charge in [-0.1, -0.05) is 0 Å². The number of carbonyl (C=O) groups is 3. The van der Waals surface area contributed by atoms with Gasteiger partial charge in [-0.15, -0.1) is 0 Å². The van der Waals surface area contributed by atoms with Crippen molar-refractivity contribution in [2.45, 2.75) is 19.8 Å². The summed E-state index contributed by atoms with van der Waals surface area (Å²) < 4.78 is 0. The van der Waals surface area contributed by atoms with Crippen molar-refractivity contribution >= 4 is 23.5 Å². The van der Waals surface area contributed by atoms with Gasteiger partial charge in [-0.3, -0.25) is 14.4 Å². The molecule has 6 nitrogen and oxygen atoms in total. The van der Waals surface area contributed by atoms with Crippen LogP contribution < -0.4 is 5.32 Å². The summed E-state index contributed by atoms with van der Waals surface area (Å²) in [7, 11) is 0. The monoisotopic (exact) mass is 316 g/mol. The number of nitrogens with one attached hydrogen (secondary N) is 1. The van der Waals surface area contributed by atoms with Crippen LogP contribution in [0.15, 0.2) is 24.3 Å². The third kappa shape index (κ3) is 3.36. The Kier molecular flexibility index (Phi) is 4.07. The lowest BCUT2D eigenvalue weighted by atomic mass is 9.92. The fourth-order valence-electron chi connectivity index (χ4n) is 3.34. The molecule has 6 heteroatoms. The number of carboxylic acids is 1. The largest absolute Gasteiger partial charge is 0.481 e. The van der Waals surface area contributed by atoms with Crippen LogP contribution in [0.2, 0.25) is 0 Å². The van der Waals surface area contributed by atoms with Crippen molar-refractivity contribution in [1.82, 2.24) is 4.90 Å². The van der Waals surface area contributed by atoms with Gasteiger partial charge in [0.05, 0.1) is 5.92 Å². The predicted octanol–water partition coefficient (Wildman–Crippen LogP) is 1.83. The van der Waals surface area contributed by atoms with Crippen molar-refractivity contribution in [3.63, 3.8) is 0 Å². The van der Waals surface area contributed by atoms with Crippen molar-refractivity contribution in [3.8, 4) is 0 Å². The lowest BCUT2D eigenvalue weighted by Gasteiger charge is -2.16. The van der Waals surface area contributed by atoms with Gasteiger partial charge in [0.2, 0.25) is 5.91 Å². The quantitative estimate of drug-likeness (QED) is 0.887. The molecule has 0 unspecified atom stereocenters. The topological polar surface area (TPSA) is 86.7 Å². The molecule has 1 aromatic carbocycles. The molecule has 2 atom stereocenters. The van der Waals surface area contributed by atoms with E-state index in [2.05, 4.69) is 5.32 Å². The van der Waals surface area contributed by atoms with Gasteiger partial charge in [0.1, 0.15) is 0 Å². The van der Waals surface area contributed by atoms with E-state index >= 15 is 0 Å². The van der Waals surface area contributed by atoms with E-state index in [1.54, 1.807) is 29.2 Å². The van der Waals surface area contributed by atoms with E-state index in [0.29, 0.717) is 23.7 Å². The van der Waals surface area contributed by atoms with Crippen LogP contribution in [0.5, 0.6) is 0 Å². The lowest BCUT2D eigenvalue weighted by molar-refractivity contribution is -0.142. The molecule has 1 aliphatic carbocycles. The van der Waals surface area contributed by atoms with Crippen LogP contribution in [0.25, 0.3) is 0 Å². The second kappa shape index (κ2) is 6.02. The number of benzene rings is 1. The SMILES string of the molecule is CC(=O)Nc1ccc(C(=O)N2C[C@H](C(=O)O)[C@@H](C3CC3)C2)cc1. The number of rotatable bonds is 4. The molecule has 1 saturated carbocycles. The number of nitrogens with zero attached hydrogens (tertiary/aromatic N) is 1. The second-order valence-corrected chi connectivity index (χ2v) is 6.41. The minimum atomic E-state index is -0.807. The molecule has 0 aromatic heterocycles. The molecule has 2 N–H and O–H groups in total. The Hall–Kier alpha value is -2.37. The molecular formula is C17H20N2O4. The fraction of sp³-hybridized carbons (Fsp3) is 0.471. The Morgan fingerprint density at radius 3 is 2.30 bits per heavy atom. The Morgan fingerprint density at radius 1 is 1.13 bits per heavy atom. The van der Waals surface area contributed by atoms with Crippen LogP contribution in [0.4, 0.5) is 5.69 Å². The molecule has 2 fully saturated rings. The van der Waals surface area contributed by atoms with E-state index in [1.807, 2.05) is 0 Å².